The van der Waals surface area contributed by atoms with Crippen LogP contribution in [0.2, 0.25) is 0 Å². The molecule has 0 amide bonds. The van der Waals surface area contributed by atoms with Crippen molar-refractivity contribution in [3.05, 3.63) is 18.1 Å². The second-order valence-electron chi connectivity index (χ2n) is 4.38. The summed E-state index contributed by atoms with van der Waals surface area (Å²) >= 11 is 0. The molecule has 2 aromatic heterocycles. The van der Waals surface area contributed by atoms with Gasteiger partial charge in [0.1, 0.15) is 5.69 Å². The molecule has 19 heavy (non-hydrogen) atoms. The zero-order valence-corrected chi connectivity index (χ0v) is 10.8. The van der Waals surface area contributed by atoms with Crippen LogP contribution in [0.15, 0.2) is 12.4 Å². The van der Waals surface area contributed by atoms with E-state index < -0.39 is 18.1 Å². The molecule has 2 aromatic rings. The van der Waals surface area contributed by atoms with Gasteiger partial charge in [0.2, 0.25) is 5.69 Å². The summed E-state index contributed by atoms with van der Waals surface area (Å²) in [4.78, 5) is 15.3. The van der Waals surface area contributed by atoms with Gasteiger partial charge in [-0.15, -0.1) is 5.10 Å². The van der Waals surface area contributed by atoms with E-state index in [-0.39, 0.29) is 11.4 Å². The number of aliphatic hydroxyl groups excluding tert-OH is 1. The number of rotatable bonds is 4. The maximum atomic E-state index is 11.2. The van der Waals surface area contributed by atoms with E-state index in [9.17, 15) is 15.0 Å². The summed E-state index contributed by atoms with van der Waals surface area (Å²) in [6.45, 7) is 3.34. The second-order valence-corrected chi connectivity index (χ2v) is 4.38. The van der Waals surface area contributed by atoms with Crippen molar-refractivity contribution in [3.8, 4) is 11.5 Å². The fraction of sp³-hybridized carbons (Fsp3) is 0.455. The lowest BCUT2D eigenvalue weighted by Crippen LogP contribution is -2.21. The lowest BCUT2D eigenvalue weighted by molar-refractivity contribution is 0.0691. The molecule has 0 radical (unpaired) electrons. The number of carboxylic acids is 1. The van der Waals surface area contributed by atoms with E-state index in [2.05, 4.69) is 15.3 Å². The van der Waals surface area contributed by atoms with E-state index in [1.807, 2.05) is 0 Å². The third kappa shape index (κ3) is 2.22. The molecule has 8 nitrogen and oxygen atoms in total. The number of carbonyl (C=O) groups is 1. The second kappa shape index (κ2) is 4.81. The molecule has 0 aliphatic carbocycles. The highest BCUT2D eigenvalue weighted by Gasteiger charge is 2.27. The van der Waals surface area contributed by atoms with Crippen LogP contribution in [0.4, 0.5) is 0 Å². The number of hydrogen-bond donors (Lipinski definition) is 2. The Morgan fingerprint density at radius 1 is 1.42 bits per heavy atom. The Hall–Kier alpha value is -2.22. The van der Waals surface area contributed by atoms with Crippen molar-refractivity contribution in [2.45, 2.75) is 26.0 Å². The summed E-state index contributed by atoms with van der Waals surface area (Å²) in [7, 11) is 1.75. The van der Waals surface area contributed by atoms with Crippen molar-refractivity contribution in [1.82, 2.24) is 24.5 Å². The molecule has 0 fully saturated rings. The van der Waals surface area contributed by atoms with Crippen LogP contribution in [0.1, 0.15) is 30.4 Å². The largest absolute Gasteiger partial charge is 0.476 e. The number of carboxylic acid groups (broad SMARTS) is 1. The number of aliphatic hydroxyl groups is 1. The quantitative estimate of drug-likeness (QED) is 0.824. The summed E-state index contributed by atoms with van der Waals surface area (Å²) in [5.41, 5.74) is 0.107. The predicted molar refractivity (Wildman–Crippen MR) is 65.6 cm³/mol. The fourth-order valence-electron chi connectivity index (χ4n) is 1.73. The summed E-state index contributed by atoms with van der Waals surface area (Å²) < 4.78 is 3.06. The Bertz CT molecular complexity index is 601. The molecule has 2 N–H and O–H groups in total. The maximum Gasteiger partial charge on any atom is 0.358 e. The van der Waals surface area contributed by atoms with Crippen molar-refractivity contribution in [2.75, 3.05) is 0 Å². The molecule has 8 heteroatoms. The lowest BCUT2D eigenvalue weighted by atomic mass is 10.2. The van der Waals surface area contributed by atoms with Gasteiger partial charge in [0.05, 0.1) is 12.1 Å². The van der Waals surface area contributed by atoms with Crippen LogP contribution in [0, 0.1) is 0 Å². The van der Waals surface area contributed by atoms with Crippen molar-refractivity contribution >= 4 is 5.97 Å². The molecule has 2 unspecified atom stereocenters. The summed E-state index contributed by atoms with van der Waals surface area (Å²) in [5.74, 6) is -0.739. The van der Waals surface area contributed by atoms with Gasteiger partial charge in [-0.05, 0) is 13.8 Å². The average Bonchev–Trinajstić information content (AvgIpc) is 2.92. The lowest BCUT2D eigenvalue weighted by Gasteiger charge is -2.17. The number of aromatic carboxylic acids is 1. The van der Waals surface area contributed by atoms with Crippen molar-refractivity contribution < 1.29 is 15.0 Å². The molecule has 2 rings (SSSR count). The van der Waals surface area contributed by atoms with Crippen molar-refractivity contribution in [1.29, 1.82) is 0 Å². The molecule has 0 spiro atoms. The topological polar surface area (TPSA) is 106 Å². The van der Waals surface area contributed by atoms with E-state index >= 15 is 0 Å². The van der Waals surface area contributed by atoms with Gasteiger partial charge in [-0.25, -0.2) is 14.5 Å². The van der Waals surface area contributed by atoms with Gasteiger partial charge in [0, 0.05) is 19.4 Å². The van der Waals surface area contributed by atoms with Gasteiger partial charge in [-0.1, -0.05) is 5.21 Å². The number of aromatic nitrogens is 5. The first-order chi connectivity index (χ1) is 8.93. The Labute approximate surface area is 109 Å². The predicted octanol–water partition coefficient (Wildman–Crippen LogP) is 0.319. The third-order valence-electron chi connectivity index (χ3n) is 3.01. The molecule has 0 saturated carbocycles. The van der Waals surface area contributed by atoms with Crippen LogP contribution in [-0.2, 0) is 7.05 Å². The molecule has 2 atom stereocenters. The van der Waals surface area contributed by atoms with Gasteiger partial charge >= 0.3 is 5.97 Å². The molecule has 0 aliphatic rings. The number of hydrogen-bond acceptors (Lipinski definition) is 5. The highest BCUT2D eigenvalue weighted by Crippen LogP contribution is 2.24. The summed E-state index contributed by atoms with van der Waals surface area (Å²) in [5, 5.41) is 26.3. The first-order valence-corrected chi connectivity index (χ1v) is 5.77. The zero-order chi connectivity index (χ0) is 14.2. The van der Waals surface area contributed by atoms with Crippen LogP contribution in [0.5, 0.6) is 0 Å². The highest BCUT2D eigenvalue weighted by molar-refractivity contribution is 5.91. The monoisotopic (exact) mass is 265 g/mol. The minimum Gasteiger partial charge on any atom is -0.476 e. The standard InChI is InChI=1S/C11H15N5O3/c1-6(7(2)17)16-9(8(11(18)19)13-14-16)10-12-4-5-15(10)3/h4-7,17H,1-3H3,(H,18,19). The van der Waals surface area contributed by atoms with Crippen LogP contribution >= 0.6 is 0 Å². The molecule has 0 aromatic carbocycles. The van der Waals surface area contributed by atoms with E-state index in [1.54, 1.807) is 37.9 Å². The highest BCUT2D eigenvalue weighted by atomic mass is 16.4. The Kier molecular flexibility index (Phi) is 3.34. The van der Waals surface area contributed by atoms with Crippen LogP contribution in [-0.4, -0.2) is 46.8 Å². The van der Waals surface area contributed by atoms with Crippen LogP contribution < -0.4 is 0 Å². The average molecular weight is 265 g/mol. The van der Waals surface area contributed by atoms with Crippen LogP contribution in [0.25, 0.3) is 11.5 Å². The van der Waals surface area contributed by atoms with Gasteiger partial charge < -0.3 is 14.8 Å². The summed E-state index contributed by atoms with van der Waals surface area (Å²) in [6.07, 6.45) is 2.57. The molecule has 0 aliphatic heterocycles. The minimum atomic E-state index is -1.18. The number of imidazole rings is 1. The Morgan fingerprint density at radius 3 is 2.58 bits per heavy atom. The van der Waals surface area contributed by atoms with Crippen LogP contribution in [0.3, 0.4) is 0 Å². The van der Waals surface area contributed by atoms with Gasteiger partial charge in [-0.3, -0.25) is 0 Å². The molecule has 102 valence electrons. The third-order valence-corrected chi connectivity index (χ3v) is 3.01. The Balaban J connectivity index is 2.64. The normalized spacial score (nSPS) is 14.3. The van der Waals surface area contributed by atoms with Crippen molar-refractivity contribution in [2.24, 2.45) is 7.05 Å². The molecular formula is C11H15N5O3. The molecule has 0 saturated heterocycles. The van der Waals surface area contributed by atoms with Crippen molar-refractivity contribution in [3.63, 3.8) is 0 Å². The number of aryl methyl sites for hydroxylation is 1. The maximum absolute atomic E-state index is 11.2. The first kappa shape index (κ1) is 13.2. The molecular weight excluding hydrogens is 250 g/mol. The summed E-state index contributed by atoms with van der Waals surface area (Å²) in [6, 6.07) is -0.410. The Morgan fingerprint density at radius 2 is 2.11 bits per heavy atom. The van der Waals surface area contributed by atoms with E-state index in [1.165, 1.54) is 4.68 Å². The SMILES string of the molecule is CC(O)C(C)n1nnc(C(=O)O)c1-c1nccn1C. The van der Waals surface area contributed by atoms with Gasteiger partial charge in [-0.2, -0.15) is 0 Å². The number of nitrogens with zero attached hydrogens (tertiary/aromatic N) is 5. The van der Waals surface area contributed by atoms with E-state index in [0.29, 0.717) is 5.82 Å². The molecule has 0 bridgehead atoms. The van der Waals surface area contributed by atoms with Gasteiger partial charge in [0.15, 0.2) is 5.82 Å². The molecule has 2 heterocycles. The zero-order valence-electron chi connectivity index (χ0n) is 10.8. The van der Waals surface area contributed by atoms with E-state index in [4.69, 9.17) is 0 Å². The minimum absolute atomic E-state index is 0.179. The fourth-order valence-corrected chi connectivity index (χ4v) is 1.73. The first-order valence-electron chi connectivity index (χ1n) is 5.77. The smallest absolute Gasteiger partial charge is 0.358 e. The van der Waals surface area contributed by atoms with E-state index in [0.717, 1.165) is 0 Å². The van der Waals surface area contributed by atoms with Gasteiger partial charge in [0.25, 0.3) is 0 Å².